The molecule has 1 aromatic rings. The van der Waals surface area contributed by atoms with Gasteiger partial charge in [-0.3, -0.25) is 9.69 Å². The van der Waals surface area contributed by atoms with Crippen LogP contribution in [0.4, 0.5) is 5.69 Å². The van der Waals surface area contributed by atoms with E-state index in [0.717, 1.165) is 24.5 Å². The van der Waals surface area contributed by atoms with Gasteiger partial charge in [-0.05, 0) is 64.0 Å². The molecule has 0 radical (unpaired) electrons. The van der Waals surface area contributed by atoms with Gasteiger partial charge < -0.3 is 10.1 Å². The molecular weight excluding hydrogens is 252 g/mol. The van der Waals surface area contributed by atoms with Crippen LogP contribution in [0.25, 0.3) is 0 Å². The third kappa shape index (κ3) is 3.97. The molecule has 4 nitrogen and oxygen atoms in total. The van der Waals surface area contributed by atoms with Crippen LogP contribution in [0.3, 0.4) is 0 Å². The maximum atomic E-state index is 12.2. The van der Waals surface area contributed by atoms with Crippen LogP contribution >= 0.6 is 0 Å². The van der Waals surface area contributed by atoms with E-state index in [1.807, 2.05) is 38.1 Å². The first kappa shape index (κ1) is 14.9. The van der Waals surface area contributed by atoms with Crippen LogP contribution in [-0.4, -0.2) is 36.5 Å². The zero-order valence-corrected chi connectivity index (χ0v) is 12.4. The first-order chi connectivity index (χ1) is 9.70. The monoisotopic (exact) mass is 276 g/mol. The van der Waals surface area contributed by atoms with Gasteiger partial charge in [0.15, 0.2) is 0 Å². The summed E-state index contributed by atoms with van der Waals surface area (Å²) >= 11 is 0. The molecule has 1 fully saturated rings. The van der Waals surface area contributed by atoms with E-state index in [-0.39, 0.29) is 11.9 Å². The molecule has 1 N–H and O–H groups in total. The molecule has 0 saturated carbocycles. The number of nitrogens with one attached hydrogen (secondary N) is 1. The zero-order chi connectivity index (χ0) is 14.4. The Morgan fingerprint density at radius 3 is 2.50 bits per heavy atom. The lowest BCUT2D eigenvalue weighted by molar-refractivity contribution is -0.121. The molecule has 1 amide bonds. The Hall–Kier alpha value is -1.55. The predicted octanol–water partition coefficient (Wildman–Crippen LogP) is 2.90. The van der Waals surface area contributed by atoms with Gasteiger partial charge in [0.25, 0.3) is 0 Å². The van der Waals surface area contributed by atoms with Gasteiger partial charge in [-0.2, -0.15) is 0 Å². The van der Waals surface area contributed by atoms with Crippen LogP contribution < -0.4 is 10.1 Å². The number of anilines is 1. The van der Waals surface area contributed by atoms with Crippen molar-refractivity contribution in [1.82, 2.24) is 4.90 Å². The van der Waals surface area contributed by atoms with E-state index in [2.05, 4.69) is 10.2 Å². The Morgan fingerprint density at radius 2 is 1.90 bits per heavy atom. The highest BCUT2D eigenvalue weighted by Gasteiger charge is 2.22. The summed E-state index contributed by atoms with van der Waals surface area (Å²) in [6.07, 6.45) is 3.67. The summed E-state index contributed by atoms with van der Waals surface area (Å²) in [7, 11) is 0. The molecule has 4 heteroatoms. The first-order valence-corrected chi connectivity index (χ1v) is 7.48. The molecule has 0 spiro atoms. The molecule has 0 aromatic heterocycles. The van der Waals surface area contributed by atoms with Crippen LogP contribution in [0, 0.1) is 0 Å². The number of carbonyl (C=O) groups is 1. The molecule has 0 unspecified atom stereocenters. The summed E-state index contributed by atoms with van der Waals surface area (Å²) < 4.78 is 5.39. The summed E-state index contributed by atoms with van der Waals surface area (Å²) in [5.41, 5.74) is 0.822. The fourth-order valence-electron chi connectivity index (χ4n) is 2.52. The lowest BCUT2D eigenvalue weighted by Crippen LogP contribution is -2.44. The van der Waals surface area contributed by atoms with Gasteiger partial charge in [0.2, 0.25) is 5.91 Å². The second-order valence-electron chi connectivity index (χ2n) is 5.22. The second kappa shape index (κ2) is 7.29. The molecule has 2 rings (SSSR count). The van der Waals surface area contributed by atoms with Crippen LogP contribution in [0.15, 0.2) is 24.3 Å². The summed E-state index contributed by atoms with van der Waals surface area (Å²) in [4.78, 5) is 14.5. The number of ether oxygens (including phenoxy) is 1. The Balaban J connectivity index is 1.89. The maximum absolute atomic E-state index is 12.2. The highest BCUT2D eigenvalue weighted by atomic mass is 16.5. The van der Waals surface area contributed by atoms with Crippen molar-refractivity contribution in [2.24, 2.45) is 0 Å². The minimum atomic E-state index is -0.0677. The van der Waals surface area contributed by atoms with Crippen molar-refractivity contribution in [3.8, 4) is 5.75 Å². The van der Waals surface area contributed by atoms with Crippen molar-refractivity contribution in [2.45, 2.75) is 39.2 Å². The van der Waals surface area contributed by atoms with Gasteiger partial charge in [-0.1, -0.05) is 6.42 Å². The average Bonchev–Trinajstić information content (AvgIpc) is 2.49. The Kier molecular flexibility index (Phi) is 5.41. The molecule has 1 atom stereocenters. The van der Waals surface area contributed by atoms with Gasteiger partial charge in [0.1, 0.15) is 5.75 Å². The summed E-state index contributed by atoms with van der Waals surface area (Å²) in [5.74, 6) is 0.894. The minimum absolute atomic E-state index is 0.0658. The molecule has 1 aliphatic heterocycles. The topological polar surface area (TPSA) is 41.6 Å². The van der Waals surface area contributed by atoms with Crippen LogP contribution in [-0.2, 0) is 4.79 Å². The van der Waals surface area contributed by atoms with E-state index in [4.69, 9.17) is 4.74 Å². The van der Waals surface area contributed by atoms with Crippen LogP contribution in [0.2, 0.25) is 0 Å². The van der Waals surface area contributed by atoms with E-state index in [9.17, 15) is 4.79 Å². The molecular formula is C16H24N2O2. The number of hydrogen-bond acceptors (Lipinski definition) is 3. The predicted molar refractivity (Wildman–Crippen MR) is 81.1 cm³/mol. The summed E-state index contributed by atoms with van der Waals surface area (Å²) in [6, 6.07) is 7.45. The highest BCUT2D eigenvalue weighted by Crippen LogP contribution is 2.17. The number of piperidine rings is 1. The molecule has 0 bridgehead atoms. The number of benzene rings is 1. The molecule has 1 saturated heterocycles. The molecule has 20 heavy (non-hydrogen) atoms. The highest BCUT2D eigenvalue weighted by molar-refractivity contribution is 5.94. The number of likely N-dealkylation sites (tertiary alicyclic amines) is 1. The Morgan fingerprint density at radius 1 is 1.25 bits per heavy atom. The van der Waals surface area contributed by atoms with Crippen molar-refractivity contribution in [1.29, 1.82) is 0 Å². The van der Waals surface area contributed by atoms with Gasteiger partial charge in [0, 0.05) is 5.69 Å². The standard InChI is InChI=1S/C16H24N2O2/c1-3-20-15-9-7-14(8-10-15)17-16(19)13(2)18-11-5-4-6-12-18/h7-10,13H,3-6,11-12H2,1-2H3,(H,17,19)/t13-/m0/s1. The summed E-state index contributed by atoms with van der Waals surface area (Å²) in [5, 5.41) is 2.97. The van der Waals surface area contributed by atoms with E-state index in [1.165, 1.54) is 19.3 Å². The minimum Gasteiger partial charge on any atom is -0.494 e. The average molecular weight is 276 g/mol. The van der Waals surface area contributed by atoms with Crippen molar-refractivity contribution in [3.05, 3.63) is 24.3 Å². The maximum Gasteiger partial charge on any atom is 0.241 e. The fraction of sp³-hybridized carbons (Fsp3) is 0.562. The number of carbonyl (C=O) groups excluding carboxylic acids is 1. The normalized spacial score (nSPS) is 17.5. The van der Waals surface area contributed by atoms with Crippen molar-refractivity contribution in [2.75, 3.05) is 25.0 Å². The van der Waals surface area contributed by atoms with Crippen LogP contribution in [0.5, 0.6) is 5.75 Å². The lowest BCUT2D eigenvalue weighted by atomic mass is 10.1. The van der Waals surface area contributed by atoms with Crippen LogP contribution in [0.1, 0.15) is 33.1 Å². The number of hydrogen-bond donors (Lipinski definition) is 1. The summed E-state index contributed by atoms with van der Waals surface area (Å²) in [6.45, 7) is 6.64. The van der Waals surface area contributed by atoms with Gasteiger partial charge in [-0.25, -0.2) is 0 Å². The Labute approximate surface area is 121 Å². The largest absolute Gasteiger partial charge is 0.494 e. The number of nitrogens with zero attached hydrogens (tertiary/aromatic N) is 1. The third-order valence-corrected chi connectivity index (χ3v) is 3.75. The van der Waals surface area contributed by atoms with Gasteiger partial charge >= 0.3 is 0 Å². The molecule has 1 aromatic carbocycles. The molecule has 0 aliphatic carbocycles. The third-order valence-electron chi connectivity index (χ3n) is 3.75. The molecule has 110 valence electrons. The number of amides is 1. The SMILES string of the molecule is CCOc1ccc(NC(=O)[C@H](C)N2CCCCC2)cc1. The molecule has 1 heterocycles. The van der Waals surface area contributed by atoms with Crippen molar-refractivity contribution < 1.29 is 9.53 Å². The van der Waals surface area contributed by atoms with E-state index < -0.39 is 0 Å². The van der Waals surface area contributed by atoms with E-state index in [1.54, 1.807) is 0 Å². The van der Waals surface area contributed by atoms with Crippen molar-refractivity contribution in [3.63, 3.8) is 0 Å². The van der Waals surface area contributed by atoms with Gasteiger partial charge in [0.05, 0.1) is 12.6 Å². The van der Waals surface area contributed by atoms with E-state index >= 15 is 0 Å². The zero-order valence-electron chi connectivity index (χ0n) is 12.4. The Bertz CT molecular complexity index is 425. The lowest BCUT2D eigenvalue weighted by Gasteiger charge is -2.31. The molecule has 1 aliphatic rings. The van der Waals surface area contributed by atoms with Gasteiger partial charge in [-0.15, -0.1) is 0 Å². The fourth-order valence-corrected chi connectivity index (χ4v) is 2.52. The second-order valence-corrected chi connectivity index (χ2v) is 5.22. The smallest absolute Gasteiger partial charge is 0.241 e. The number of rotatable bonds is 5. The van der Waals surface area contributed by atoms with E-state index in [0.29, 0.717) is 6.61 Å². The quantitative estimate of drug-likeness (QED) is 0.899. The van der Waals surface area contributed by atoms with Crippen molar-refractivity contribution >= 4 is 11.6 Å². The first-order valence-electron chi connectivity index (χ1n) is 7.48.